The number of hydrogen-bond acceptors (Lipinski definition) is 17. The van der Waals surface area contributed by atoms with Gasteiger partial charge in [0.15, 0.2) is 23.6 Å². The first kappa shape index (κ1) is 36.1. The molecular weight excluding hydrogens is 688 g/mol. The highest BCUT2D eigenvalue weighted by molar-refractivity contribution is 7.51. The number of rotatable bonds is 15. The summed E-state index contributed by atoms with van der Waals surface area (Å²) in [6, 6.07) is 1.36. The summed E-state index contributed by atoms with van der Waals surface area (Å²) >= 11 is 0. The van der Waals surface area contributed by atoms with Gasteiger partial charge in [0.25, 0.3) is 5.56 Å². The summed E-state index contributed by atoms with van der Waals surface area (Å²) in [6.07, 6.45) is -5.90. The van der Waals surface area contributed by atoms with Crippen LogP contribution < -0.4 is 27.8 Å². The van der Waals surface area contributed by atoms with Gasteiger partial charge >= 0.3 is 21.3 Å². The molecule has 3 aromatic heterocycles. The van der Waals surface area contributed by atoms with Crippen molar-refractivity contribution in [3.8, 4) is 0 Å². The van der Waals surface area contributed by atoms with Crippen LogP contribution >= 0.6 is 15.6 Å². The molecule has 5 rings (SSSR count). The predicted molar refractivity (Wildman–Crippen MR) is 161 cm³/mol. The monoisotopic (exact) mass is 723 g/mol. The molecular formula is C23H35N9O14P2. The summed E-state index contributed by atoms with van der Waals surface area (Å²) in [5.74, 6) is -0.245. The minimum atomic E-state index is -5.03. The number of H-pyrrole nitrogens is 1. The van der Waals surface area contributed by atoms with Crippen molar-refractivity contribution in [1.29, 1.82) is 0 Å². The number of ether oxygens (including phenoxy) is 4. The molecule has 2 saturated heterocycles. The van der Waals surface area contributed by atoms with Gasteiger partial charge in [-0.25, -0.2) is 24.0 Å². The number of hydrogen-bond donors (Lipinski definition) is 7. The second kappa shape index (κ2) is 14.8. The van der Waals surface area contributed by atoms with Crippen LogP contribution in [0.5, 0.6) is 0 Å². The van der Waals surface area contributed by atoms with Crippen molar-refractivity contribution in [3.63, 3.8) is 0 Å². The van der Waals surface area contributed by atoms with Gasteiger partial charge in [0, 0.05) is 33.4 Å². The van der Waals surface area contributed by atoms with Gasteiger partial charge < -0.3 is 45.3 Å². The smallest absolute Gasteiger partial charge is 0.388 e. The van der Waals surface area contributed by atoms with Gasteiger partial charge in [0.1, 0.15) is 30.2 Å². The second-order valence-electron chi connectivity index (χ2n) is 10.6. The molecule has 0 aromatic carbocycles. The Morgan fingerprint density at radius 1 is 1.08 bits per heavy atom. The molecule has 0 bridgehead atoms. The summed E-state index contributed by atoms with van der Waals surface area (Å²) in [5.41, 5.74) is 9.76. The van der Waals surface area contributed by atoms with Crippen molar-refractivity contribution >= 4 is 38.5 Å². The van der Waals surface area contributed by atoms with Gasteiger partial charge in [-0.15, -0.1) is 0 Å². The van der Waals surface area contributed by atoms with Gasteiger partial charge in [0.05, 0.1) is 32.3 Å². The Kier molecular flexibility index (Phi) is 11.1. The van der Waals surface area contributed by atoms with Crippen LogP contribution in [-0.2, 0) is 41.6 Å². The van der Waals surface area contributed by atoms with Gasteiger partial charge in [-0.2, -0.15) is 9.97 Å². The molecule has 0 aliphatic carbocycles. The molecule has 0 radical (unpaired) electrons. The fraction of sp³-hybridized carbons (Fsp3) is 0.609. The average Bonchev–Trinajstić information content (AvgIpc) is 3.69. The van der Waals surface area contributed by atoms with E-state index >= 15 is 0 Å². The van der Waals surface area contributed by atoms with E-state index < -0.39 is 83.0 Å². The Balaban J connectivity index is 1.40. The molecule has 266 valence electrons. The van der Waals surface area contributed by atoms with Crippen molar-refractivity contribution in [2.45, 2.75) is 49.4 Å². The Morgan fingerprint density at radius 3 is 2.54 bits per heavy atom. The van der Waals surface area contributed by atoms with Crippen LogP contribution in [0.25, 0.3) is 11.2 Å². The molecule has 3 aromatic rings. The molecule has 48 heavy (non-hydrogen) atoms. The number of methoxy groups -OCH3 is 2. The minimum Gasteiger partial charge on any atom is -0.388 e. The first-order valence-electron chi connectivity index (χ1n) is 14.2. The molecule has 2 aliphatic heterocycles. The maximum absolute atomic E-state index is 14.2. The molecule has 0 amide bonds. The first-order chi connectivity index (χ1) is 22.7. The molecule has 2 aliphatic rings. The molecule has 2 fully saturated rings. The lowest BCUT2D eigenvalue weighted by Crippen LogP contribution is -2.39. The maximum atomic E-state index is 14.2. The molecule has 5 heterocycles. The standard InChI is InChI=1S/C23H35N9O14P2/c1-40-6-4-27-47(36,42-8-11-7-12(33)20(44-11)31-5-3-14(24)28-23(31)35)46-16-13(9-43-48(37,38)39)45-21(17(16)41-2)32-10-26-15-18(32)29-22(25)30-19(15)34/h3,5,10-13,16-17,20-21,33H,4,6-9H2,1-2H3,(H,27,36)(H2,24,28,35)(H2,37,38,39)(H3,25,29,30,34)/t11-,12+,13+,16+,17+,20+,21+,47+/m0/s1. The van der Waals surface area contributed by atoms with Crippen LogP contribution in [0.4, 0.5) is 11.8 Å². The Labute approximate surface area is 270 Å². The van der Waals surface area contributed by atoms with Crippen LogP contribution in [-0.4, -0.2) is 115 Å². The number of phosphoric ester groups is 1. The highest BCUT2D eigenvalue weighted by Gasteiger charge is 2.51. The maximum Gasteiger partial charge on any atom is 0.469 e. The van der Waals surface area contributed by atoms with E-state index in [2.05, 4.69) is 25.0 Å². The summed E-state index contributed by atoms with van der Waals surface area (Å²) in [6.45, 7) is -1.17. The van der Waals surface area contributed by atoms with Crippen molar-refractivity contribution in [2.75, 3.05) is 52.1 Å². The van der Waals surface area contributed by atoms with E-state index in [1.165, 1.54) is 37.4 Å². The Hall–Kier alpha value is -3.15. The number of aromatic amines is 1. The quantitative estimate of drug-likeness (QED) is 0.0656. The fourth-order valence-corrected chi connectivity index (χ4v) is 7.06. The number of anilines is 2. The zero-order valence-corrected chi connectivity index (χ0v) is 27.2. The number of phosphoric acid groups is 1. The Bertz CT molecular complexity index is 1800. The molecule has 23 nitrogen and oxygen atoms in total. The number of aliphatic hydroxyl groups excluding tert-OH is 1. The number of fused-ring (bicyclic) bond motifs is 1. The molecule has 0 saturated carbocycles. The molecule has 9 N–H and O–H groups in total. The molecule has 25 heteroatoms. The highest BCUT2D eigenvalue weighted by Crippen LogP contribution is 2.50. The summed E-state index contributed by atoms with van der Waals surface area (Å²) in [5, 5.41) is 13.2. The van der Waals surface area contributed by atoms with E-state index in [4.69, 9.17) is 44.0 Å². The minimum absolute atomic E-state index is 0.0156. The van der Waals surface area contributed by atoms with Crippen molar-refractivity contribution < 1.29 is 56.5 Å². The number of aliphatic hydroxyl groups is 1. The van der Waals surface area contributed by atoms with Crippen molar-refractivity contribution in [3.05, 3.63) is 39.4 Å². The lowest BCUT2D eigenvalue weighted by Gasteiger charge is -2.28. The lowest BCUT2D eigenvalue weighted by atomic mass is 10.1. The number of nitrogen functional groups attached to an aromatic ring is 2. The van der Waals surface area contributed by atoms with Gasteiger partial charge in [-0.3, -0.25) is 32.5 Å². The number of imidazole rings is 1. The largest absolute Gasteiger partial charge is 0.469 e. The van der Waals surface area contributed by atoms with E-state index in [9.17, 15) is 33.6 Å². The van der Waals surface area contributed by atoms with E-state index in [0.29, 0.717) is 0 Å². The second-order valence-corrected chi connectivity index (χ2v) is 13.6. The fourth-order valence-electron chi connectivity index (χ4n) is 5.19. The van der Waals surface area contributed by atoms with E-state index in [-0.39, 0.29) is 42.5 Å². The van der Waals surface area contributed by atoms with Gasteiger partial charge in [-0.05, 0) is 6.07 Å². The number of aromatic nitrogens is 6. The van der Waals surface area contributed by atoms with Crippen molar-refractivity contribution in [1.82, 2.24) is 34.2 Å². The zero-order valence-electron chi connectivity index (χ0n) is 25.4. The number of nitrogens with zero attached hydrogens (tertiary/aromatic N) is 5. The van der Waals surface area contributed by atoms with Gasteiger partial charge in [-0.1, -0.05) is 0 Å². The van der Waals surface area contributed by atoms with Crippen LogP contribution in [0, 0.1) is 0 Å². The normalized spacial score (nSPS) is 27.5. The first-order valence-corrected chi connectivity index (χ1v) is 17.2. The van der Waals surface area contributed by atoms with E-state index in [1.807, 2.05) is 0 Å². The average molecular weight is 724 g/mol. The highest BCUT2D eigenvalue weighted by atomic mass is 31.2. The van der Waals surface area contributed by atoms with Crippen LogP contribution in [0.15, 0.2) is 28.2 Å². The molecule has 0 spiro atoms. The Morgan fingerprint density at radius 2 is 1.85 bits per heavy atom. The number of nitrogens with two attached hydrogens (primary N) is 2. The topological polar surface area (TPSA) is 322 Å². The molecule has 0 unspecified atom stereocenters. The van der Waals surface area contributed by atoms with Crippen LogP contribution in [0.2, 0.25) is 0 Å². The third-order valence-electron chi connectivity index (χ3n) is 7.28. The van der Waals surface area contributed by atoms with Crippen LogP contribution in [0.3, 0.4) is 0 Å². The van der Waals surface area contributed by atoms with Crippen LogP contribution in [0.1, 0.15) is 18.9 Å². The summed E-state index contributed by atoms with van der Waals surface area (Å²) in [4.78, 5) is 57.6. The van der Waals surface area contributed by atoms with Crippen molar-refractivity contribution in [2.24, 2.45) is 0 Å². The molecule has 8 atom stereocenters. The third kappa shape index (κ3) is 8.17. The summed E-state index contributed by atoms with van der Waals surface area (Å²) < 4.78 is 67.1. The third-order valence-corrected chi connectivity index (χ3v) is 9.39. The van der Waals surface area contributed by atoms with E-state index in [0.717, 1.165) is 4.57 Å². The summed E-state index contributed by atoms with van der Waals surface area (Å²) in [7, 11) is -6.77. The number of nitrogens with one attached hydrogen (secondary N) is 2. The SMILES string of the molecule is COCCN[P@@](=O)(OC[C@@H]1C[C@@H](O)[C@H](n2ccc(N)nc2=O)O1)O[C@H]1[C@@H](OC)[C@H](n2cnc3c(=O)[nH]c(N)nc32)O[C@@H]1COP(=O)(O)O. The van der Waals surface area contributed by atoms with E-state index in [1.54, 1.807) is 0 Å². The lowest BCUT2D eigenvalue weighted by molar-refractivity contribution is -0.0578. The van der Waals surface area contributed by atoms with Gasteiger partial charge in [0.2, 0.25) is 5.95 Å². The predicted octanol–water partition coefficient (Wildman–Crippen LogP) is -2.04. The zero-order chi connectivity index (χ0) is 34.8.